The number of carbonyl (C=O) groups excluding carboxylic acids is 1. The number of ether oxygens (including phenoxy) is 1. The first-order chi connectivity index (χ1) is 6.31. The van der Waals surface area contributed by atoms with Crippen LogP contribution in [0.4, 0.5) is 5.69 Å². The summed E-state index contributed by atoms with van der Waals surface area (Å²) in [4.78, 5) is 13.1. The molecule has 0 aromatic heterocycles. The summed E-state index contributed by atoms with van der Waals surface area (Å²) in [6.07, 6.45) is 0.628. The highest BCUT2D eigenvalue weighted by Gasteiger charge is 2.00. The third-order valence-electron chi connectivity index (χ3n) is 1.52. The van der Waals surface area contributed by atoms with Crippen molar-refractivity contribution in [3.63, 3.8) is 0 Å². The monoisotopic (exact) mass is 177 g/mol. The zero-order valence-electron chi connectivity index (χ0n) is 6.97. The van der Waals surface area contributed by atoms with Crippen LogP contribution in [0.2, 0.25) is 0 Å². The third-order valence-corrected chi connectivity index (χ3v) is 1.52. The molecule has 0 unspecified atom stereocenters. The maximum Gasteiger partial charge on any atom is 0.150 e. The standard InChI is InChI=1S/C8H7N3O2/c1-13-7-3-2-6(5-12)8(4-7)10-11-9/h2-5H,1H3. The molecule has 0 saturated carbocycles. The van der Waals surface area contributed by atoms with Crippen molar-refractivity contribution in [3.8, 4) is 5.75 Å². The SMILES string of the molecule is COc1ccc(C=O)c(N=[N+]=[N-])c1. The smallest absolute Gasteiger partial charge is 0.150 e. The molecule has 13 heavy (non-hydrogen) atoms. The van der Waals surface area contributed by atoms with E-state index >= 15 is 0 Å². The minimum absolute atomic E-state index is 0.275. The number of azide groups is 1. The average molecular weight is 177 g/mol. The molecule has 0 radical (unpaired) electrons. The predicted molar refractivity (Wildman–Crippen MR) is 47.2 cm³/mol. The molecule has 0 aliphatic heterocycles. The van der Waals surface area contributed by atoms with Crippen molar-refractivity contribution in [3.05, 3.63) is 34.2 Å². The highest BCUT2D eigenvalue weighted by Crippen LogP contribution is 2.23. The molecule has 5 heteroatoms. The fraction of sp³-hybridized carbons (Fsp3) is 0.125. The first-order valence-electron chi connectivity index (χ1n) is 3.50. The molecule has 0 heterocycles. The molecule has 0 aliphatic carbocycles. The minimum Gasteiger partial charge on any atom is -0.497 e. The maximum atomic E-state index is 10.5. The summed E-state index contributed by atoms with van der Waals surface area (Å²) in [5.41, 5.74) is 8.83. The first-order valence-corrected chi connectivity index (χ1v) is 3.50. The molecule has 0 fully saturated rings. The molecule has 0 aliphatic rings. The minimum atomic E-state index is 0.275. The van der Waals surface area contributed by atoms with E-state index in [9.17, 15) is 4.79 Å². The molecule has 0 amide bonds. The maximum absolute atomic E-state index is 10.5. The summed E-state index contributed by atoms with van der Waals surface area (Å²) in [5.74, 6) is 0.549. The Morgan fingerprint density at radius 2 is 2.38 bits per heavy atom. The molecule has 0 saturated heterocycles. The van der Waals surface area contributed by atoms with E-state index in [-0.39, 0.29) is 5.69 Å². The molecule has 5 nitrogen and oxygen atoms in total. The summed E-state index contributed by atoms with van der Waals surface area (Å²) in [6, 6.07) is 4.67. The summed E-state index contributed by atoms with van der Waals surface area (Å²) in [7, 11) is 1.50. The Hall–Kier alpha value is -2.00. The van der Waals surface area contributed by atoms with Gasteiger partial charge >= 0.3 is 0 Å². The second-order valence-electron chi connectivity index (χ2n) is 2.23. The van der Waals surface area contributed by atoms with Gasteiger partial charge in [-0.15, -0.1) is 0 Å². The van der Waals surface area contributed by atoms with Crippen molar-refractivity contribution >= 4 is 12.0 Å². The second kappa shape index (κ2) is 4.13. The van der Waals surface area contributed by atoms with Gasteiger partial charge in [0.1, 0.15) is 5.75 Å². The van der Waals surface area contributed by atoms with Gasteiger partial charge < -0.3 is 4.74 Å². The number of rotatable bonds is 3. The van der Waals surface area contributed by atoms with Gasteiger partial charge in [-0.05, 0) is 23.7 Å². The number of methoxy groups -OCH3 is 1. The zero-order valence-corrected chi connectivity index (χ0v) is 6.97. The molecule has 1 aromatic rings. The van der Waals surface area contributed by atoms with E-state index in [1.807, 2.05) is 0 Å². The number of hydrogen-bond acceptors (Lipinski definition) is 3. The molecular formula is C8H7N3O2. The Morgan fingerprint density at radius 1 is 1.62 bits per heavy atom. The highest BCUT2D eigenvalue weighted by atomic mass is 16.5. The largest absolute Gasteiger partial charge is 0.497 e. The Labute approximate surface area is 74.6 Å². The van der Waals surface area contributed by atoms with Crippen LogP contribution < -0.4 is 4.74 Å². The lowest BCUT2D eigenvalue weighted by molar-refractivity contribution is 0.112. The van der Waals surface area contributed by atoms with E-state index in [1.54, 1.807) is 6.07 Å². The fourth-order valence-corrected chi connectivity index (χ4v) is 0.885. The summed E-state index contributed by atoms with van der Waals surface area (Å²) in [6.45, 7) is 0. The topological polar surface area (TPSA) is 75.1 Å². The number of hydrogen-bond donors (Lipinski definition) is 0. The van der Waals surface area contributed by atoms with Crippen LogP contribution >= 0.6 is 0 Å². The molecule has 1 aromatic carbocycles. The Bertz CT molecular complexity index is 370. The second-order valence-corrected chi connectivity index (χ2v) is 2.23. The van der Waals surface area contributed by atoms with Crippen molar-refractivity contribution in [2.24, 2.45) is 5.11 Å². The fourth-order valence-electron chi connectivity index (χ4n) is 0.885. The van der Waals surface area contributed by atoms with Crippen LogP contribution in [-0.4, -0.2) is 13.4 Å². The van der Waals surface area contributed by atoms with Gasteiger partial charge in [0, 0.05) is 10.5 Å². The van der Waals surface area contributed by atoms with E-state index in [4.69, 9.17) is 10.3 Å². The summed E-state index contributed by atoms with van der Waals surface area (Å²) < 4.78 is 4.90. The van der Waals surface area contributed by atoms with Gasteiger partial charge in [0.05, 0.1) is 12.8 Å². The van der Waals surface area contributed by atoms with Crippen LogP contribution in [0, 0.1) is 0 Å². The number of aldehydes is 1. The van der Waals surface area contributed by atoms with Crippen molar-refractivity contribution in [1.82, 2.24) is 0 Å². The summed E-state index contributed by atoms with van der Waals surface area (Å²) >= 11 is 0. The van der Waals surface area contributed by atoms with Crippen molar-refractivity contribution in [2.45, 2.75) is 0 Å². The van der Waals surface area contributed by atoms with Crippen LogP contribution in [0.25, 0.3) is 10.4 Å². The molecular weight excluding hydrogens is 170 g/mol. The highest BCUT2D eigenvalue weighted by molar-refractivity contribution is 5.83. The molecule has 0 N–H and O–H groups in total. The first kappa shape index (κ1) is 9.09. The Kier molecular flexibility index (Phi) is 2.89. The van der Waals surface area contributed by atoms with Crippen molar-refractivity contribution < 1.29 is 9.53 Å². The van der Waals surface area contributed by atoms with Gasteiger partial charge in [-0.1, -0.05) is 5.11 Å². The van der Waals surface area contributed by atoms with Gasteiger partial charge in [-0.3, -0.25) is 4.79 Å². The molecule has 66 valence electrons. The Morgan fingerprint density at radius 3 is 2.92 bits per heavy atom. The van der Waals surface area contributed by atoms with Gasteiger partial charge in [0.2, 0.25) is 0 Å². The molecule has 0 spiro atoms. The predicted octanol–water partition coefficient (Wildman–Crippen LogP) is 2.45. The Balaban J connectivity index is 3.24. The van der Waals surface area contributed by atoms with Crippen LogP contribution in [0.3, 0.4) is 0 Å². The van der Waals surface area contributed by atoms with Crippen LogP contribution in [0.1, 0.15) is 10.4 Å². The molecule has 0 atom stereocenters. The quantitative estimate of drug-likeness (QED) is 0.307. The zero-order chi connectivity index (χ0) is 9.68. The van der Waals surface area contributed by atoms with E-state index in [2.05, 4.69) is 10.0 Å². The van der Waals surface area contributed by atoms with E-state index in [0.29, 0.717) is 17.6 Å². The number of carbonyl (C=O) groups is 1. The third kappa shape index (κ3) is 1.98. The van der Waals surface area contributed by atoms with Crippen LogP contribution in [-0.2, 0) is 0 Å². The average Bonchev–Trinajstić information content (AvgIpc) is 2.18. The normalized spacial score (nSPS) is 8.69. The van der Waals surface area contributed by atoms with Gasteiger partial charge in [-0.2, -0.15) is 0 Å². The van der Waals surface area contributed by atoms with Gasteiger partial charge in [-0.25, -0.2) is 0 Å². The van der Waals surface area contributed by atoms with Gasteiger partial charge in [0.15, 0.2) is 6.29 Å². The lowest BCUT2D eigenvalue weighted by Gasteiger charge is -2.01. The van der Waals surface area contributed by atoms with Crippen LogP contribution in [0.15, 0.2) is 23.3 Å². The van der Waals surface area contributed by atoms with E-state index in [1.165, 1.54) is 19.2 Å². The summed E-state index contributed by atoms with van der Waals surface area (Å²) in [5, 5.41) is 3.36. The lowest BCUT2D eigenvalue weighted by atomic mass is 10.2. The molecule has 1 rings (SSSR count). The van der Waals surface area contributed by atoms with Crippen molar-refractivity contribution in [1.29, 1.82) is 0 Å². The van der Waals surface area contributed by atoms with Gasteiger partial charge in [0.25, 0.3) is 0 Å². The molecule has 0 bridgehead atoms. The number of benzene rings is 1. The van der Waals surface area contributed by atoms with Crippen LogP contribution in [0.5, 0.6) is 5.75 Å². The lowest BCUT2D eigenvalue weighted by Crippen LogP contribution is -1.85. The van der Waals surface area contributed by atoms with E-state index in [0.717, 1.165) is 0 Å². The number of nitrogens with zero attached hydrogens (tertiary/aromatic N) is 3. The van der Waals surface area contributed by atoms with E-state index < -0.39 is 0 Å². The van der Waals surface area contributed by atoms with Crippen molar-refractivity contribution in [2.75, 3.05) is 7.11 Å².